The van der Waals surface area contributed by atoms with Gasteiger partial charge in [-0.15, -0.1) is 0 Å². The van der Waals surface area contributed by atoms with E-state index < -0.39 is 49.5 Å². The number of rotatable bonds is 44. The van der Waals surface area contributed by atoms with Gasteiger partial charge in [0.05, 0.1) is 32.0 Å². The molecule has 11 nitrogen and oxygen atoms in total. The van der Waals surface area contributed by atoms with Crippen LogP contribution in [0.4, 0.5) is 0 Å². The average Bonchev–Trinajstić information content (AvgIpc) is 3.33. The van der Waals surface area contributed by atoms with Crippen molar-refractivity contribution >= 4 is 11.9 Å². The Morgan fingerprint density at radius 3 is 1.63 bits per heavy atom. The molecule has 1 aliphatic rings. The highest BCUT2D eigenvalue weighted by molar-refractivity contribution is 5.76. The Morgan fingerprint density at radius 1 is 0.544 bits per heavy atom. The third kappa shape index (κ3) is 35.9. The lowest BCUT2D eigenvalue weighted by molar-refractivity contribution is -0.302. The molecule has 1 rings (SSSR count). The van der Waals surface area contributed by atoms with Gasteiger partial charge < -0.3 is 45.1 Å². The number of carbonyl (C=O) groups is 2. The van der Waals surface area contributed by atoms with Crippen LogP contribution in [0.2, 0.25) is 0 Å². The maximum Gasteiger partial charge on any atom is 0.305 e. The van der Waals surface area contributed by atoms with E-state index in [2.05, 4.69) is 79.9 Å². The molecule has 1 amide bonds. The first kappa shape index (κ1) is 62.9. The number of aliphatic hydroxyl groups is 5. The molecule has 7 atom stereocenters. The van der Waals surface area contributed by atoms with Gasteiger partial charge in [-0.2, -0.15) is 0 Å². The summed E-state index contributed by atoms with van der Waals surface area (Å²) in [5.41, 5.74) is 0. The van der Waals surface area contributed by atoms with Crippen molar-refractivity contribution in [1.82, 2.24) is 5.32 Å². The molecule has 0 bridgehead atoms. The smallest absolute Gasteiger partial charge is 0.305 e. The van der Waals surface area contributed by atoms with E-state index in [9.17, 15) is 35.1 Å². The fourth-order valence-corrected chi connectivity index (χ4v) is 7.61. The molecule has 0 spiro atoms. The van der Waals surface area contributed by atoms with Gasteiger partial charge in [-0.05, 0) is 103 Å². The first-order valence-corrected chi connectivity index (χ1v) is 26.9. The Bertz CT molecular complexity index is 1400. The van der Waals surface area contributed by atoms with Crippen molar-refractivity contribution in [2.24, 2.45) is 0 Å². The summed E-state index contributed by atoms with van der Waals surface area (Å²) < 4.78 is 16.6. The third-order valence-corrected chi connectivity index (χ3v) is 11.9. The minimum atomic E-state index is -1.60. The van der Waals surface area contributed by atoms with Crippen molar-refractivity contribution in [3.05, 3.63) is 85.1 Å². The Labute approximate surface area is 413 Å². The third-order valence-electron chi connectivity index (χ3n) is 11.9. The molecule has 1 heterocycles. The SMILES string of the molecule is CCC/C=C\C/C=C\CCCCCCCC(=O)OCCCCCCCC/C=C\C/C=C\CCC(=O)NC(COC1OC(CO)C(O)C(O)C1O)C(O)/C=C/CC/C=C/CC/C=C/CCCCCC. The second-order valence-electron chi connectivity index (χ2n) is 18.2. The summed E-state index contributed by atoms with van der Waals surface area (Å²) in [6, 6.07) is -0.881. The first-order chi connectivity index (χ1) is 33.2. The Morgan fingerprint density at radius 2 is 1.04 bits per heavy atom. The van der Waals surface area contributed by atoms with Gasteiger partial charge in [0.1, 0.15) is 24.4 Å². The van der Waals surface area contributed by atoms with Gasteiger partial charge in [0.15, 0.2) is 6.29 Å². The van der Waals surface area contributed by atoms with Gasteiger partial charge in [-0.1, -0.05) is 170 Å². The summed E-state index contributed by atoms with van der Waals surface area (Å²) in [4.78, 5) is 25.0. The molecule has 1 aliphatic heterocycles. The minimum absolute atomic E-state index is 0.0580. The van der Waals surface area contributed by atoms with Crippen LogP contribution in [-0.4, -0.2) is 100 Å². The van der Waals surface area contributed by atoms with Gasteiger partial charge in [-0.3, -0.25) is 9.59 Å². The summed E-state index contributed by atoms with van der Waals surface area (Å²) in [6.45, 7) is 4.11. The van der Waals surface area contributed by atoms with Crippen LogP contribution in [-0.2, 0) is 23.8 Å². The normalized spacial score (nSPS) is 20.1. The predicted octanol–water partition coefficient (Wildman–Crippen LogP) is 11.4. The lowest BCUT2D eigenvalue weighted by Gasteiger charge is -2.40. The molecular weight excluding hydrogens is 859 g/mol. The molecular formula is C57H97NO10. The Hall–Kier alpha value is -3.16. The number of hydrogen-bond donors (Lipinski definition) is 6. The molecule has 0 aliphatic carbocycles. The van der Waals surface area contributed by atoms with Gasteiger partial charge in [0.2, 0.25) is 5.91 Å². The van der Waals surface area contributed by atoms with Crippen molar-refractivity contribution in [1.29, 1.82) is 0 Å². The van der Waals surface area contributed by atoms with Crippen LogP contribution >= 0.6 is 0 Å². The fourth-order valence-electron chi connectivity index (χ4n) is 7.61. The highest BCUT2D eigenvalue weighted by Gasteiger charge is 2.44. The number of hydrogen-bond acceptors (Lipinski definition) is 10. The van der Waals surface area contributed by atoms with Crippen molar-refractivity contribution in [3.63, 3.8) is 0 Å². The topological polar surface area (TPSA) is 175 Å². The van der Waals surface area contributed by atoms with E-state index in [1.807, 2.05) is 18.2 Å². The van der Waals surface area contributed by atoms with E-state index in [-0.39, 0.29) is 24.9 Å². The average molecular weight is 956 g/mol. The second kappa shape index (κ2) is 46.2. The van der Waals surface area contributed by atoms with Crippen molar-refractivity contribution in [2.45, 2.75) is 243 Å². The first-order valence-electron chi connectivity index (χ1n) is 26.9. The molecule has 390 valence electrons. The zero-order valence-corrected chi connectivity index (χ0v) is 42.5. The van der Waals surface area contributed by atoms with Crippen molar-refractivity contribution in [3.8, 4) is 0 Å². The highest BCUT2D eigenvalue weighted by Crippen LogP contribution is 2.22. The highest BCUT2D eigenvalue weighted by atomic mass is 16.7. The predicted molar refractivity (Wildman–Crippen MR) is 278 cm³/mol. The quantitative estimate of drug-likeness (QED) is 0.0196. The van der Waals surface area contributed by atoms with Crippen molar-refractivity contribution < 1.29 is 49.3 Å². The molecule has 0 aromatic carbocycles. The Kier molecular flexibility index (Phi) is 42.7. The standard InChI is InChI=1S/C57H97NO10/c1-3-5-7-9-11-13-15-17-20-23-27-31-35-39-43-50(60)49(48-67-57-56(65)55(64)54(63)51(47-59)68-57)58-52(61)44-40-36-32-28-24-21-18-22-26-30-34-38-42-46-66-53(62)45-41-37-33-29-25-19-16-14-12-10-8-6-4-2/h8,10,13-16,21,23-24,27,32,36,39,43,49-51,54-57,59-60,63-65H,3-7,9,11-12,17-20,22,25-26,28-31,33-35,37-38,40-42,44-48H2,1-2H3,(H,58,61)/b10-8-,15-13+,16-14-,24-21-,27-23+,36-32-,43-39+. The molecule has 1 saturated heterocycles. The number of aliphatic hydroxyl groups excluding tert-OH is 5. The molecule has 7 unspecified atom stereocenters. The van der Waals surface area contributed by atoms with E-state index in [1.54, 1.807) is 6.08 Å². The van der Waals surface area contributed by atoms with Crippen LogP contribution in [0.1, 0.15) is 200 Å². The van der Waals surface area contributed by atoms with E-state index in [1.165, 1.54) is 70.6 Å². The molecule has 0 radical (unpaired) electrons. The van der Waals surface area contributed by atoms with Crippen LogP contribution in [0.25, 0.3) is 0 Å². The van der Waals surface area contributed by atoms with Crippen LogP contribution in [0, 0.1) is 0 Å². The molecule has 1 fully saturated rings. The minimum Gasteiger partial charge on any atom is -0.466 e. The molecule has 0 saturated carbocycles. The van der Waals surface area contributed by atoms with Gasteiger partial charge >= 0.3 is 5.97 Å². The van der Waals surface area contributed by atoms with Gasteiger partial charge in [-0.25, -0.2) is 0 Å². The summed E-state index contributed by atoms with van der Waals surface area (Å²) in [6.07, 6.45) is 51.0. The molecule has 0 aromatic heterocycles. The zero-order valence-electron chi connectivity index (χ0n) is 42.5. The Balaban J connectivity index is 2.26. The summed E-state index contributed by atoms with van der Waals surface area (Å²) >= 11 is 0. The van der Waals surface area contributed by atoms with Crippen LogP contribution in [0.15, 0.2) is 85.1 Å². The number of allylic oxidation sites excluding steroid dienone is 13. The molecule has 68 heavy (non-hydrogen) atoms. The lowest BCUT2D eigenvalue weighted by atomic mass is 9.99. The second-order valence-corrected chi connectivity index (χ2v) is 18.2. The number of amides is 1. The number of esters is 1. The number of ether oxygens (including phenoxy) is 3. The fraction of sp³-hybridized carbons (Fsp3) is 0.719. The largest absolute Gasteiger partial charge is 0.466 e. The van der Waals surface area contributed by atoms with Crippen LogP contribution in [0.5, 0.6) is 0 Å². The van der Waals surface area contributed by atoms with E-state index in [0.29, 0.717) is 25.9 Å². The van der Waals surface area contributed by atoms with Gasteiger partial charge in [0, 0.05) is 12.8 Å². The number of nitrogens with one attached hydrogen (secondary N) is 1. The van der Waals surface area contributed by atoms with E-state index >= 15 is 0 Å². The van der Waals surface area contributed by atoms with Crippen LogP contribution < -0.4 is 5.32 Å². The number of unbranched alkanes of at least 4 members (excludes halogenated alkanes) is 18. The van der Waals surface area contributed by atoms with Gasteiger partial charge in [0.25, 0.3) is 0 Å². The van der Waals surface area contributed by atoms with E-state index in [4.69, 9.17) is 14.2 Å². The molecule has 11 heteroatoms. The van der Waals surface area contributed by atoms with E-state index in [0.717, 1.165) is 89.9 Å². The maximum absolute atomic E-state index is 13.0. The number of carbonyl (C=O) groups excluding carboxylic acids is 2. The monoisotopic (exact) mass is 956 g/mol. The summed E-state index contributed by atoms with van der Waals surface area (Å²) in [5.74, 6) is -0.339. The molecule has 0 aromatic rings. The molecule has 6 N–H and O–H groups in total. The summed E-state index contributed by atoms with van der Waals surface area (Å²) in [7, 11) is 0. The summed E-state index contributed by atoms with van der Waals surface area (Å²) in [5, 5.41) is 54.2. The van der Waals surface area contributed by atoms with Crippen LogP contribution in [0.3, 0.4) is 0 Å². The maximum atomic E-state index is 13.0. The van der Waals surface area contributed by atoms with Crippen molar-refractivity contribution in [2.75, 3.05) is 19.8 Å². The lowest BCUT2D eigenvalue weighted by Crippen LogP contribution is -2.60. The zero-order chi connectivity index (χ0) is 49.6.